The molecule has 1 unspecified atom stereocenters. The van der Waals surface area contributed by atoms with Crippen molar-refractivity contribution in [3.05, 3.63) is 0 Å². The SMILES string of the molecule is CCCN(CC(=O)N(CC)CC)CC(C)C(=O)O. The van der Waals surface area contributed by atoms with Crippen molar-refractivity contribution in [3.8, 4) is 0 Å². The van der Waals surface area contributed by atoms with Gasteiger partial charge >= 0.3 is 5.97 Å². The molecule has 0 heterocycles. The summed E-state index contributed by atoms with van der Waals surface area (Å²) in [5, 5.41) is 8.91. The lowest BCUT2D eigenvalue weighted by Crippen LogP contribution is -2.42. The molecule has 0 saturated carbocycles. The van der Waals surface area contributed by atoms with E-state index in [2.05, 4.69) is 0 Å². The summed E-state index contributed by atoms with van der Waals surface area (Å²) in [6.45, 7) is 10.5. The van der Waals surface area contributed by atoms with Gasteiger partial charge in [-0.15, -0.1) is 0 Å². The van der Waals surface area contributed by atoms with E-state index in [-0.39, 0.29) is 5.91 Å². The molecule has 0 rings (SSSR count). The second-order valence-corrected chi connectivity index (χ2v) is 4.54. The first-order valence-corrected chi connectivity index (χ1v) is 6.69. The van der Waals surface area contributed by atoms with Crippen LogP contribution in [0.1, 0.15) is 34.1 Å². The number of carboxylic acid groups (broad SMARTS) is 1. The van der Waals surface area contributed by atoms with Gasteiger partial charge in [0.05, 0.1) is 12.5 Å². The second kappa shape index (κ2) is 8.91. The molecule has 0 aromatic carbocycles. The average Bonchev–Trinajstić information content (AvgIpc) is 2.30. The van der Waals surface area contributed by atoms with E-state index in [4.69, 9.17) is 5.11 Å². The van der Waals surface area contributed by atoms with Crippen molar-refractivity contribution in [2.45, 2.75) is 34.1 Å². The van der Waals surface area contributed by atoms with Crippen LogP contribution in [-0.4, -0.2) is 59.5 Å². The summed E-state index contributed by atoms with van der Waals surface area (Å²) in [6, 6.07) is 0. The summed E-state index contributed by atoms with van der Waals surface area (Å²) < 4.78 is 0. The fourth-order valence-corrected chi connectivity index (χ4v) is 1.88. The van der Waals surface area contributed by atoms with Crippen LogP contribution < -0.4 is 0 Å². The van der Waals surface area contributed by atoms with E-state index in [1.165, 1.54) is 0 Å². The van der Waals surface area contributed by atoms with Gasteiger partial charge in [0.15, 0.2) is 0 Å². The van der Waals surface area contributed by atoms with Gasteiger partial charge in [-0.25, -0.2) is 0 Å². The summed E-state index contributed by atoms with van der Waals surface area (Å²) in [5.41, 5.74) is 0. The number of carboxylic acids is 1. The van der Waals surface area contributed by atoms with E-state index < -0.39 is 11.9 Å². The zero-order valence-electron chi connectivity index (χ0n) is 12.0. The predicted octanol–water partition coefficient (Wildman–Crippen LogP) is 1.29. The Balaban J connectivity index is 4.42. The van der Waals surface area contributed by atoms with E-state index in [1.807, 2.05) is 25.7 Å². The van der Waals surface area contributed by atoms with Gasteiger partial charge in [0.2, 0.25) is 5.91 Å². The zero-order chi connectivity index (χ0) is 14.1. The van der Waals surface area contributed by atoms with Gasteiger partial charge in [-0.3, -0.25) is 14.5 Å². The molecule has 0 fully saturated rings. The van der Waals surface area contributed by atoms with Crippen LogP contribution in [0.15, 0.2) is 0 Å². The van der Waals surface area contributed by atoms with Crippen molar-refractivity contribution in [3.63, 3.8) is 0 Å². The molecule has 5 nitrogen and oxygen atoms in total. The Labute approximate surface area is 110 Å². The maximum Gasteiger partial charge on any atom is 0.307 e. The largest absolute Gasteiger partial charge is 0.481 e. The standard InChI is InChI=1S/C13H26N2O3/c1-5-8-14(9-11(4)13(17)18)10-12(16)15(6-2)7-3/h11H,5-10H2,1-4H3,(H,17,18). The van der Waals surface area contributed by atoms with Gasteiger partial charge in [0.1, 0.15) is 0 Å². The molecule has 0 aromatic rings. The normalized spacial score (nSPS) is 12.5. The van der Waals surface area contributed by atoms with Crippen molar-refractivity contribution in [2.75, 3.05) is 32.7 Å². The number of amides is 1. The molecule has 0 saturated heterocycles. The number of carbonyl (C=O) groups is 2. The van der Waals surface area contributed by atoms with Crippen LogP contribution in [-0.2, 0) is 9.59 Å². The molecular formula is C13H26N2O3. The highest BCUT2D eigenvalue weighted by molar-refractivity contribution is 5.78. The van der Waals surface area contributed by atoms with Gasteiger partial charge in [-0.2, -0.15) is 0 Å². The first kappa shape index (κ1) is 16.9. The second-order valence-electron chi connectivity index (χ2n) is 4.54. The molecule has 0 radical (unpaired) electrons. The number of likely N-dealkylation sites (N-methyl/N-ethyl adjacent to an activating group) is 1. The third-order valence-electron chi connectivity index (χ3n) is 2.97. The first-order chi connectivity index (χ1) is 8.46. The van der Waals surface area contributed by atoms with E-state index in [9.17, 15) is 9.59 Å². The lowest BCUT2D eigenvalue weighted by atomic mass is 10.1. The van der Waals surface area contributed by atoms with Crippen LogP contribution >= 0.6 is 0 Å². The van der Waals surface area contributed by atoms with Crippen LogP contribution in [0.5, 0.6) is 0 Å². The van der Waals surface area contributed by atoms with Crippen molar-refractivity contribution in [1.82, 2.24) is 9.80 Å². The van der Waals surface area contributed by atoms with E-state index in [0.29, 0.717) is 26.2 Å². The molecule has 1 atom stereocenters. The Morgan fingerprint density at radius 1 is 1.17 bits per heavy atom. The third-order valence-corrected chi connectivity index (χ3v) is 2.97. The number of nitrogens with zero attached hydrogens (tertiary/aromatic N) is 2. The fourth-order valence-electron chi connectivity index (χ4n) is 1.88. The van der Waals surface area contributed by atoms with Crippen LogP contribution in [0.3, 0.4) is 0 Å². The van der Waals surface area contributed by atoms with Crippen molar-refractivity contribution >= 4 is 11.9 Å². The van der Waals surface area contributed by atoms with Gasteiger partial charge in [0, 0.05) is 19.6 Å². The first-order valence-electron chi connectivity index (χ1n) is 6.69. The summed E-state index contributed by atoms with van der Waals surface area (Å²) in [6.07, 6.45) is 0.915. The number of aliphatic carboxylic acids is 1. The molecule has 0 aliphatic carbocycles. The van der Waals surface area contributed by atoms with Gasteiger partial charge < -0.3 is 10.0 Å². The monoisotopic (exact) mass is 258 g/mol. The van der Waals surface area contributed by atoms with E-state index in [0.717, 1.165) is 13.0 Å². The van der Waals surface area contributed by atoms with E-state index >= 15 is 0 Å². The highest BCUT2D eigenvalue weighted by Gasteiger charge is 2.19. The Morgan fingerprint density at radius 2 is 1.72 bits per heavy atom. The molecule has 1 amide bonds. The van der Waals surface area contributed by atoms with Gasteiger partial charge in [0.25, 0.3) is 0 Å². The molecule has 0 spiro atoms. The number of rotatable bonds is 9. The predicted molar refractivity (Wildman–Crippen MR) is 71.5 cm³/mol. The van der Waals surface area contributed by atoms with Gasteiger partial charge in [-0.1, -0.05) is 13.8 Å². The Kier molecular flexibility index (Phi) is 8.37. The highest BCUT2D eigenvalue weighted by atomic mass is 16.4. The molecule has 106 valence electrons. The van der Waals surface area contributed by atoms with Crippen molar-refractivity contribution in [2.24, 2.45) is 5.92 Å². The summed E-state index contributed by atoms with van der Waals surface area (Å²) in [4.78, 5) is 26.5. The summed E-state index contributed by atoms with van der Waals surface area (Å²) >= 11 is 0. The van der Waals surface area contributed by atoms with Gasteiger partial charge in [-0.05, 0) is 26.8 Å². The van der Waals surface area contributed by atoms with E-state index in [1.54, 1.807) is 11.8 Å². The summed E-state index contributed by atoms with van der Waals surface area (Å²) in [5.74, 6) is -1.18. The van der Waals surface area contributed by atoms with Crippen molar-refractivity contribution < 1.29 is 14.7 Å². The molecule has 0 aliphatic heterocycles. The van der Waals surface area contributed by atoms with Crippen LogP contribution in [0.2, 0.25) is 0 Å². The molecule has 0 bridgehead atoms. The Bertz CT molecular complexity index is 265. The molecule has 1 N–H and O–H groups in total. The topological polar surface area (TPSA) is 60.9 Å². The number of carbonyl (C=O) groups excluding carboxylic acids is 1. The third kappa shape index (κ3) is 6.00. The minimum atomic E-state index is -0.814. The Hall–Kier alpha value is -1.10. The minimum Gasteiger partial charge on any atom is -0.481 e. The van der Waals surface area contributed by atoms with Crippen LogP contribution in [0, 0.1) is 5.92 Å². The molecule has 0 aliphatic rings. The summed E-state index contributed by atoms with van der Waals surface area (Å²) in [7, 11) is 0. The lowest BCUT2D eigenvalue weighted by Gasteiger charge is -2.26. The highest BCUT2D eigenvalue weighted by Crippen LogP contribution is 2.03. The molecule has 0 aromatic heterocycles. The fraction of sp³-hybridized carbons (Fsp3) is 0.846. The maximum absolute atomic E-state index is 12.0. The molecule has 5 heteroatoms. The maximum atomic E-state index is 12.0. The van der Waals surface area contributed by atoms with Crippen LogP contribution in [0.4, 0.5) is 0 Å². The molecular weight excluding hydrogens is 232 g/mol. The Morgan fingerprint density at radius 3 is 2.11 bits per heavy atom. The number of hydrogen-bond acceptors (Lipinski definition) is 3. The minimum absolute atomic E-state index is 0.0750. The van der Waals surface area contributed by atoms with Crippen LogP contribution in [0.25, 0.3) is 0 Å². The zero-order valence-corrected chi connectivity index (χ0v) is 12.0. The lowest BCUT2D eigenvalue weighted by molar-refractivity contribution is -0.142. The number of hydrogen-bond donors (Lipinski definition) is 1. The van der Waals surface area contributed by atoms with Crippen molar-refractivity contribution in [1.29, 1.82) is 0 Å². The average molecular weight is 258 g/mol. The molecule has 18 heavy (non-hydrogen) atoms. The quantitative estimate of drug-likeness (QED) is 0.677. The smallest absolute Gasteiger partial charge is 0.307 e.